The summed E-state index contributed by atoms with van der Waals surface area (Å²) < 4.78 is 1.80. The highest BCUT2D eigenvalue weighted by Crippen LogP contribution is 2.32. The molecule has 0 fully saturated rings. The third-order valence-electron chi connectivity index (χ3n) is 4.56. The van der Waals surface area contributed by atoms with Gasteiger partial charge < -0.3 is 10.6 Å². The first-order chi connectivity index (χ1) is 14.3. The highest BCUT2D eigenvalue weighted by molar-refractivity contribution is 7.20. The Labute approximate surface area is 182 Å². The van der Waals surface area contributed by atoms with E-state index >= 15 is 0 Å². The maximum absolute atomic E-state index is 13.0. The van der Waals surface area contributed by atoms with E-state index in [-0.39, 0.29) is 11.8 Å². The second kappa shape index (κ2) is 7.93. The number of hydrogen-bond donors (Lipinski definition) is 2. The molecule has 2 N–H and O–H groups in total. The third kappa shape index (κ3) is 3.94. The molecule has 8 heteroatoms. The number of nitrogens with one attached hydrogen (secondary N) is 2. The van der Waals surface area contributed by atoms with Crippen LogP contribution in [0.4, 0.5) is 11.4 Å². The largest absolute Gasteiger partial charge is 0.325 e. The molecule has 0 bridgehead atoms. The number of anilines is 2. The number of halogens is 1. The minimum absolute atomic E-state index is 0.201. The van der Waals surface area contributed by atoms with E-state index in [9.17, 15) is 9.59 Å². The molecule has 0 spiro atoms. The Morgan fingerprint density at radius 2 is 1.83 bits per heavy atom. The van der Waals surface area contributed by atoms with Gasteiger partial charge in [-0.05, 0) is 55.8 Å². The van der Waals surface area contributed by atoms with Crippen LogP contribution in [0.2, 0.25) is 5.02 Å². The van der Waals surface area contributed by atoms with E-state index in [4.69, 9.17) is 11.6 Å². The summed E-state index contributed by atoms with van der Waals surface area (Å²) in [5.41, 5.74) is 3.75. The van der Waals surface area contributed by atoms with Gasteiger partial charge in [-0.25, -0.2) is 4.68 Å². The van der Waals surface area contributed by atoms with E-state index in [1.165, 1.54) is 18.3 Å². The second-order valence-electron chi connectivity index (χ2n) is 6.99. The number of hydrogen-bond acceptors (Lipinski definition) is 4. The summed E-state index contributed by atoms with van der Waals surface area (Å²) in [5.74, 6) is -0.445. The summed E-state index contributed by atoms with van der Waals surface area (Å²) in [7, 11) is 0. The SMILES string of the molecule is CC(=O)Nc1ccc(C)cc1NC(=O)c1cc2c(C)nn(-c3cccc(Cl)c3)c2s1. The zero-order valence-electron chi connectivity index (χ0n) is 16.6. The van der Waals surface area contributed by atoms with E-state index in [0.29, 0.717) is 21.3 Å². The molecule has 2 aromatic heterocycles. The number of carbonyl (C=O) groups excluding carboxylic acids is 2. The van der Waals surface area contributed by atoms with E-state index in [0.717, 1.165) is 27.2 Å². The van der Waals surface area contributed by atoms with Crippen LogP contribution < -0.4 is 10.6 Å². The summed E-state index contributed by atoms with van der Waals surface area (Å²) in [5, 5.41) is 11.8. The van der Waals surface area contributed by atoms with Crippen LogP contribution in [-0.2, 0) is 4.79 Å². The van der Waals surface area contributed by atoms with Crippen LogP contribution in [0, 0.1) is 13.8 Å². The van der Waals surface area contributed by atoms with Gasteiger partial charge in [-0.15, -0.1) is 11.3 Å². The van der Waals surface area contributed by atoms with Crippen molar-refractivity contribution in [2.75, 3.05) is 10.6 Å². The molecule has 152 valence electrons. The summed E-state index contributed by atoms with van der Waals surface area (Å²) >= 11 is 7.49. The highest BCUT2D eigenvalue weighted by Gasteiger charge is 2.18. The fourth-order valence-electron chi connectivity index (χ4n) is 3.19. The van der Waals surface area contributed by atoms with E-state index < -0.39 is 0 Å². The predicted octanol–water partition coefficient (Wildman–Crippen LogP) is 5.57. The molecule has 2 aromatic carbocycles. The molecule has 0 aliphatic rings. The number of benzene rings is 2. The van der Waals surface area contributed by atoms with Gasteiger partial charge in [-0.1, -0.05) is 23.7 Å². The fraction of sp³-hybridized carbons (Fsp3) is 0.136. The molecule has 30 heavy (non-hydrogen) atoms. The minimum atomic E-state index is -0.245. The van der Waals surface area contributed by atoms with Gasteiger partial charge in [0.25, 0.3) is 5.91 Å². The standard InChI is InChI=1S/C22H19ClN4O2S/c1-12-7-8-18(24-14(3)28)19(9-12)25-21(29)20-11-17-13(2)26-27(22(17)30-20)16-6-4-5-15(23)10-16/h4-11H,1-3H3,(H,24,28)(H,25,29). The van der Waals surface area contributed by atoms with Crippen molar-refractivity contribution in [3.63, 3.8) is 0 Å². The van der Waals surface area contributed by atoms with Gasteiger partial charge in [-0.3, -0.25) is 9.59 Å². The normalized spacial score (nSPS) is 10.9. The second-order valence-corrected chi connectivity index (χ2v) is 8.46. The number of aromatic nitrogens is 2. The van der Waals surface area contributed by atoms with Crippen molar-refractivity contribution in [1.29, 1.82) is 0 Å². The average molecular weight is 439 g/mol. The Morgan fingerprint density at radius 3 is 2.57 bits per heavy atom. The molecule has 0 aliphatic heterocycles. The molecule has 6 nitrogen and oxygen atoms in total. The minimum Gasteiger partial charge on any atom is -0.325 e. The first kappa shape index (κ1) is 20.1. The number of fused-ring (bicyclic) bond motifs is 1. The molecule has 0 saturated carbocycles. The molecule has 0 unspecified atom stereocenters. The van der Waals surface area contributed by atoms with Gasteiger partial charge in [0.05, 0.1) is 27.6 Å². The lowest BCUT2D eigenvalue weighted by Crippen LogP contribution is -2.14. The molecule has 0 atom stereocenters. The number of carbonyl (C=O) groups is 2. The number of nitrogens with zero attached hydrogens (tertiary/aromatic N) is 2. The van der Waals surface area contributed by atoms with Gasteiger partial charge in [0, 0.05) is 17.3 Å². The van der Waals surface area contributed by atoms with Crippen LogP contribution in [-0.4, -0.2) is 21.6 Å². The Hall–Kier alpha value is -3.16. The zero-order valence-corrected chi connectivity index (χ0v) is 18.2. The van der Waals surface area contributed by atoms with E-state index in [2.05, 4.69) is 15.7 Å². The lowest BCUT2D eigenvalue weighted by Gasteiger charge is -2.12. The van der Waals surface area contributed by atoms with Crippen LogP contribution in [0.1, 0.15) is 27.9 Å². The maximum Gasteiger partial charge on any atom is 0.265 e. The van der Waals surface area contributed by atoms with Crippen molar-refractivity contribution < 1.29 is 9.59 Å². The van der Waals surface area contributed by atoms with Crippen LogP contribution in [0.3, 0.4) is 0 Å². The predicted molar refractivity (Wildman–Crippen MR) is 122 cm³/mol. The van der Waals surface area contributed by atoms with E-state index in [1.807, 2.05) is 50.2 Å². The summed E-state index contributed by atoms with van der Waals surface area (Å²) in [4.78, 5) is 25.9. The fourth-order valence-corrected chi connectivity index (χ4v) is 4.45. The van der Waals surface area contributed by atoms with Gasteiger partial charge in [0.15, 0.2) is 0 Å². The molecule has 0 saturated heterocycles. The molecule has 2 amide bonds. The number of thiophene rings is 1. The number of rotatable bonds is 4. The van der Waals surface area contributed by atoms with Crippen molar-refractivity contribution >= 4 is 56.3 Å². The first-order valence-electron chi connectivity index (χ1n) is 9.26. The van der Waals surface area contributed by atoms with Crippen molar-refractivity contribution in [2.24, 2.45) is 0 Å². The molecule has 4 rings (SSSR count). The Morgan fingerprint density at radius 1 is 1.03 bits per heavy atom. The van der Waals surface area contributed by atoms with Crippen molar-refractivity contribution in [3.8, 4) is 5.69 Å². The highest BCUT2D eigenvalue weighted by atomic mass is 35.5. The Bertz CT molecular complexity index is 1290. The molecular formula is C22H19ClN4O2S. The molecule has 0 radical (unpaired) electrons. The van der Waals surface area contributed by atoms with Crippen LogP contribution in [0.25, 0.3) is 15.9 Å². The van der Waals surface area contributed by atoms with Gasteiger partial charge in [0.2, 0.25) is 5.91 Å². The molecule has 4 aromatic rings. The van der Waals surface area contributed by atoms with Crippen molar-refractivity contribution in [3.05, 3.63) is 69.7 Å². The first-order valence-corrected chi connectivity index (χ1v) is 10.5. The molecule has 2 heterocycles. The van der Waals surface area contributed by atoms with Crippen LogP contribution in [0.5, 0.6) is 0 Å². The molecular weight excluding hydrogens is 420 g/mol. The van der Waals surface area contributed by atoms with Crippen molar-refractivity contribution in [2.45, 2.75) is 20.8 Å². The van der Waals surface area contributed by atoms with Gasteiger partial charge in [-0.2, -0.15) is 5.10 Å². The third-order valence-corrected chi connectivity index (χ3v) is 5.90. The topological polar surface area (TPSA) is 76.0 Å². The van der Waals surface area contributed by atoms with Gasteiger partial charge in [0.1, 0.15) is 4.83 Å². The summed E-state index contributed by atoms with van der Waals surface area (Å²) in [6.07, 6.45) is 0. The maximum atomic E-state index is 13.0. The van der Waals surface area contributed by atoms with E-state index in [1.54, 1.807) is 16.8 Å². The van der Waals surface area contributed by atoms with Crippen LogP contribution >= 0.6 is 22.9 Å². The van der Waals surface area contributed by atoms with Crippen LogP contribution in [0.15, 0.2) is 48.5 Å². The lowest BCUT2D eigenvalue weighted by atomic mass is 10.2. The molecule has 0 aliphatic carbocycles. The number of aryl methyl sites for hydroxylation is 2. The summed E-state index contributed by atoms with van der Waals surface area (Å²) in [6.45, 7) is 5.27. The smallest absolute Gasteiger partial charge is 0.265 e. The Kier molecular flexibility index (Phi) is 5.32. The lowest BCUT2D eigenvalue weighted by molar-refractivity contribution is -0.114. The number of amides is 2. The average Bonchev–Trinajstić information content (AvgIpc) is 3.24. The van der Waals surface area contributed by atoms with Gasteiger partial charge >= 0.3 is 0 Å². The summed E-state index contributed by atoms with van der Waals surface area (Å²) in [6, 6.07) is 14.7. The Balaban J connectivity index is 1.69. The quantitative estimate of drug-likeness (QED) is 0.437. The zero-order chi connectivity index (χ0) is 21.4. The van der Waals surface area contributed by atoms with Crippen molar-refractivity contribution in [1.82, 2.24) is 9.78 Å². The monoisotopic (exact) mass is 438 g/mol.